The molecule has 0 atom stereocenters. The molecule has 8 nitrogen and oxygen atoms in total. The molecule has 0 N–H and O–H groups in total. The lowest BCUT2D eigenvalue weighted by Crippen LogP contribution is -2.49. The number of carbonyl (C=O) groups is 2. The fraction of sp³-hybridized carbons (Fsp3) is 0.500. The van der Waals surface area contributed by atoms with Gasteiger partial charge in [-0.25, -0.2) is 4.98 Å². The van der Waals surface area contributed by atoms with Crippen LogP contribution in [0.2, 0.25) is 0 Å². The summed E-state index contributed by atoms with van der Waals surface area (Å²) >= 11 is 0. The Kier molecular flexibility index (Phi) is 8.98. The Hall–Kier alpha value is -3.00. The van der Waals surface area contributed by atoms with Crippen LogP contribution in [0.4, 0.5) is 5.69 Å². The van der Waals surface area contributed by atoms with Crippen LogP contribution in [0.3, 0.4) is 0 Å². The third kappa shape index (κ3) is 6.50. The molecule has 2 amide bonds. The van der Waals surface area contributed by atoms with E-state index in [1.54, 1.807) is 4.90 Å². The summed E-state index contributed by atoms with van der Waals surface area (Å²) in [6, 6.07) is 8.33. The Morgan fingerprint density at radius 2 is 1.88 bits per heavy atom. The minimum absolute atomic E-state index is 0.0798. The Morgan fingerprint density at radius 3 is 2.56 bits per heavy atom. The Morgan fingerprint density at radius 1 is 1.09 bits per heavy atom. The van der Waals surface area contributed by atoms with E-state index in [4.69, 9.17) is 4.74 Å². The van der Waals surface area contributed by atoms with Crippen molar-refractivity contribution in [3.8, 4) is 0 Å². The van der Waals surface area contributed by atoms with Gasteiger partial charge in [0.25, 0.3) is 5.91 Å². The molecule has 1 aliphatic heterocycles. The standard InChI is InChI=1S/C24H33N5O3/c1-3-32-18-6-12-29(24(31)21-19-25-10-11-26-21)13-9-23(30)28-16-14-27(15-17-28)22-8-5-4-7-20(22)2/h4-5,7-8,10-11,19H,3,6,9,12-18H2,1-2H3. The monoisotopic (exact) mass is 439 g/mol. The number of nitrogens with zero attached hydrogens (tertiary/aromatic N) is 5. The van der Waals surface area contributed by atoms with Crippen molar-refractivity contribution in [1.29, 1.82) is 0 Å². The van der Waals surface area contributed by atoms with Crippen LogP contribution in [0.1, 0.15) is 35.8 Å². The van der Waals surface area contributed by atoms with Crippen LogP contribution < -0.4 is 4.90 Å². The highest BCUT2D eigenvalue weighted by molar-refractivity contribution is 5.92. The average molecular weight is 440 g/mol. The van der Waals surface area contributed by atoms with Gasteiger partial charge < -0.3 is 19.4 Å². The first kappa shape index (κ1) is 23.7. The maximum Gasteiger partial charge on any atom is 0.274 e. The van der Waals surface area contributed by atoms with Crippen molar-refractivity contribution in [2.45, 2.75) is 26.7 Å². The quantitative estimate of drug-likeness (QED) is 0.529. The molecular weight excluding hydrogens is 406 g/mol. The van der Waals surface area contributed by atoms with Gasteiger partial charge in [0.2, 0.25) is 5.91 Å². The fourth-order valence-electron chi connectivity index (χ4n) is 3.89. The number of anilines is 1. The second kappa shape index (κ2) is 12.1. The van der Waals surface area contributed by atoms with E-state index in [9.17, 15) is 9.59 Å². The molecule has 1 aromatic carbocycles. The van der Waals surface area contributed by atoms with E-state index in [1.165, 1.54) is 29.8 Å². The average Bonchev–Trinajstić information content (AvgIpc) is 2.84. The smallest absolute Gasteiger partial charge is 0.274 e. The molecule has 2 aromatic rings. The topological polar surface area (TPSA) is 78.9 Å². The fourth-order valence-corrected chi connectivity index (χ4v) is 3.89. The van der Waals surface area contributed by atoms with Crippen LogP contribution in [0.5, 0.6) is 0 Å². The van der Waals surface area contributed by atoms with Gasteiger partial charge in [-0.15, -0.1) is 0 Å². The molecule has 1 aromatic heterocycles. The molecule has 0 saturated carbocycles. The number of rotatable bonds is 10. The molecule has 0 spiro atoms. The highest BCUT2D eigenvalue weighted by Gasteiger charge is 2.24. The second-order valence-electron chi connectivity index (χ2n) is 7.84. The molecule has 172 valence electrons. The molecule has 0 bridgehead atoms. The van der Waals surface area contributed by atoms with Crippen molar-refractivity contribution in [3.63, 3.8) is 0 Å². The summed E-state index contributed by atoms with van der Waals surface area (Å²) in [5.74, 6) is -0.122. The predicted molar refractivity (Wildman–Crippen MR) is 124 cm³/mol. The lowest BCUT2D eigenvalue weighted by molar-refractivity contribution is -0.131. The summed E-state index contributed by atoms with van der Waals surface area (Å²) in [5, 5.41) is 0. The number of para-hydroxylation sites is 1. The van der Waals surface area contributed by atoms with E-state index in [1.807, 2.05) is 24.0 Å². The maximum absolute atomic E-state index is 12.9. The summed E-state index contributed by atoms with van der Waals surface area (Å²) in [7, 11) is 0. The summed E-state index contributed by atoms with van der Waals surface area (Å²) in [5.41, 5.74) is 2.77. The highest BCUT2D eigenvalue weighted by Crippen LogP contribution is 2.21. The van der Waals surface area contributed by atoms with Crippen LogP contribution in [-0.4, -0.2) is 84.1 Å². The molecule has 32 heavy (non-hydrogen) atoms. The Balaban J connectivity index is 1.53. The van der Waals surface area contributed by atoms with E-state index in [2.05, 4.69) is 33.9 Å². The molecule has 2 heterocycles. The molecule has 8 heteroatoms. The molecule has 0 radical (unpaired) electrons. The first-order chi connectivity index (χ1) is 15.6. The van der Waals surface area contributed by atoms with Crippen LogP contribution in [0, 0.1) is 6.92 Å². The number of carbonyl (C=O) groups excluding carboxylic acids is 2. The van der Waals surface area contributed by atoms with Gasteiger partial charge in [0.05, 0.1) is 6.20 Å². The molecule has 3 rings (SSSR count). The summed E-state index contributed by atoms with van der Waals surface area (Å²) in [4.78, 5) is 39.8. The molecule has 1 aliphatic rings. The normalized spacial score (nSPS) is 13.8. The van der Waals surface area contributed by atoms with Gasteiger partial charge in [0.1, 0.15) is 5.69 Å². The zero-order chi connectivity index (χ0) is 22.8. The maximum atomic E-state index is 12.9. The van der Waals surface area contributed by atoms with Crippen molar-refractivity contribution in [3.05, 3.63) is 54.1 Å². The van der Waals surface area contributed by atoms with Crippen LogP contribution in [0.15, 0.2) is 42.9 Å². The van der Waals surface area contributed by atoms with Crippen molar-refractivity contribution in [1.82, 2.24) is 19.8 Å². The molecule has 0 aliphatic carbocycles. The van der Waals surface area contributed by atoms with Crippen molar-refractivity contribution in [2.24, 2.45) is 0 Å². The minimum Gasteiger partial charge on any atom is -0.382 e. The van der Waals surface area contributed by atoms with Crippen molar-refractivity contribution >= 4 is 17.5 Å². The number of aryl methyl sites for hydroxylation is 1. The first-order valence-corrected chi connectivity index (χ1v) is 11.3. The third-order valence-corrected chi connectivity index (χ3v) is 5.67. The number of ether oxygens (including phenoxy) is 1. The number of piperazine rings is 1. The largest absolute Gasteiger partial charge is 0.382 e. The number of hydrogen-bond acceptors (Lipinski definition) is 6. The van der Waals surface area contributed by atoms with Crippen LogP contribution in [-0.2, 0) is 9.53 Å². The summed E-state index contributed by atoms with van der Waals surface area (Å²) in [6.45, 7) is 9.16. The Labute approximate surface area is 190 Å². The molecule has 1 fully saturated rings. The highest BCUT2D eigenvalue weighted by atomic mass is 16.5. The SMILES string of the molecule is CCOCCCN(CCC(=O)N1CCN(c2ccccc2C)CC1)C(=O)c1cnccn1. The van der Waals surface area contributed by atoms with E-state index < -0.39 is 0 Å². The van der Waals surface area contributed by atoms with Gasteiger partial charge in [0.15, 0.2) is 0 Å². The third-order valence-electron chi connectivity index (χ3n) is 5.67. The van der Waals surface area contributed by atoms with Crippen molar-refractivity contribution in [2.75, 3.05) is 57.4 Å². The van der Waals surface area contributed by atoms with E-state index in [0.717, 1.165) is 13.1 Å². The molecule has 1 saturated heterocycles. The van der Waals surface area contributed by atoms with Gasteiger partial charge in [-0.3, -0.25) is 14.6 Å². The van der Waals surface area contributed by atoms with E-state index in [-0.39, 0.29) is 11.8 Å². The lowest BCUT2D eigenvalue weighted by Gasteiger charge is -2.37. The zero-order valence-electron chi connectivity index (χ0n) is 19.1. The molecule has 0 unspecified atom stereocenters. The number of hydrogen-bond donors (Lipinski definition) is 0. The lowest BCUT2D eigenvalue weighted by atomic mass is 10.1. The predicted octanol–water partition coefficient (Wildman–Crippen LogP) is 2.39. The van der Waals surface area contributed by atoms with Gasteiger partial charge in [-0.1, -0.05) is 18.2 Å². The summed E-state index contributed by atoms with van der Waals surface area (Å²) < 4.78 is 5.40. The number of amides is 2. The molecular formula is C24H33N5O3. The number of aromatic nitrogens is 2. The van der Waals surface area contributed by atoms with E-state index in [0.29, 0.717) is 57.9 Å². The zero-order valence-corrected chi connectivity index (χ0v) is 19.1. The van der Waals surface area contributed by atoms with Gasteiger partial charge in [0, 0.05) is 77.0 Å². The Bertz CT molecular complexity index is 869. The second-order valence-corrected chi connectivity index (χ2v) is 7.84. The summed E-state index contributed by atoms with van der Waals surface area (Å²) in [6.07, 6.45) is 5.51. The first-order valence-electron chi connectivity index (χ1n) is 11.3. The van der Waals surface area contributed by atoms with Crippen LogP contribution in [0.25, 0.3) is 0 Å². The van der Waals surface area contributed by atoms with Gasteiger partial charge in [-0.2, -0.15) is 0 Å². The van der Waals surface area contributed by atoms with Gasteiger partial charge >= 0.3 is 0 Å². The minimum atomic E-state index is -0.202. The number of benzene rings is 1. The van der Waals surface area contributed by atoms with Gasteiger partial charge in [-0.05, 0) is 31.9 Å². The van der Waals surface area contributed by atoms with Crippen molar-refractivity contribution < 1.29 is 14.3 Å². The van der Waals surface area contributed by atoms with E-state index >= 15 is 0 Å². The van der Waals surface area contributed by atoms with Crippen LogP contribution >= 0.6 is 0 Å².